The second-order valence-corrected chi connectivity index (χ2v) is 6.61. The summed E-state index contributed by atoms with van der Waals surface area (Å²) in [6, 6.07) is 8.70. The summed E-state index contributed by atoms with van der Waals surface area (Å²) in [4.78, 5) is 36.4. The number of esters is 1. The maximum Gasteiger partial charge on any atom is 0.333 e. The van der Waals surface area contributed by atoms with Gasteiger partial charge in [0.2, 0.25) is 5.82 Å². The van der Waals surface area contributed by atoms with E-state index in [2.05, 4.69) is 0 Å². The molecule has 1 aromatic heterocycles. The highest BCUT2D eigenvalue weighted by Gasteiger charge is 2.36. The molecular formula is C20H21FN2O6. The number of nitrogens with zero attached hydrogens (tertiary/aromatic N) is 2. The number of aromatic nitrogens is 2. The minimum absolute atomic E-state index is 0.0191. The molecule has 1 aliphatic rings. The molecule has 0 radical (unpaired) electrons. The number of aliphatic hydroxyl groups excluding tert-OH is 1. The van der Waals surface area contributed by atoms with Gasteiger partial charge in [0.15, 0.2) is 0 Å². The number of carbonyl (C=O) groups excluding carboxylic acids is 1. The lowest BCUT2D eigenvalue weighted by Gasteiger charge is -2.17. The Morgan fingerprint density at radius 1 is 1.34 bits per heavy atom. The molecule has 1 unspecified atom stereocenters. The lowest BCUT2D eigenvalue weighted by molar-refractivity contribution is -0.144. The van der Waals surface area contributed by atoms with Gasteiger partial charge < -0.3 is 14.6 Å². The quantitative estimate of drug-likeness (QED) is 0.569. The molecule has 1 aromatic carbocycles. The van der Waals surface area contributed by atoms with Crippen LogP contribution in [0.5, 0.6) is 0 Å². The van der Waals surface area contributed by atoms with E-state index in [1.807, 2.05) is 0 Å². The average Bonchev–Trinajstić information content (AvgIpc) is 3.08. The second kappa shape index (κ2) is 8.97. The topological polar surface area (TPSA) is 99.8 Å². The molecule has 0 spiro atoms. The summed E-state index contributed by atoms with van der Waals surface area (Å²) in [5.74, 6) is -1.70. The molecule has 0 amide bonds. The van der Waals surface area contributed by atoms with Gasteiger partial charge in [0.1, 0.15) is 18.9 Å². The fraction of sp³-hybridized carbons (Fsp3) is 0.350. The Kier molecular flexibility index (Phi) is 6.40. The SMILES string of the molecule is C/C=C/C(=O)OC[C@@H]1O[C@H](n2cc(F)c(=O)n(Cc3ccccc3)c2=O)CC1O. The summed E-state index contributed by atoms with van der Waals surface area (Å²) in [6.07, 6.45) is 0.585. The fourth-order valence-electron chi connectivity index (χ4n) is 3.08. The van der Waals surface area contributed by atoms with Crippen LogP contribution in [0.3, 0.4) is 0 Å². The number of hydrogen-bond acceptors (Lipinski definition) is 6. The normalized spacial score (nSPS) is 21.6. The average molecular weight is 404 g/mol. The third-order valence-corrected chi connectivity index (χ3v) is 4.54. The van der Waals surface area contributed by atoms with Gasteiger partial charge in [-0.3, -0.25) is 13.9 Å². The minimum Gasteiger partial charge on any atom is -0.460 e. The molecule has 0 aliphatic carbocycles. The summed E-state index contributed by atoms with van der Waals surface area (Å²) in [5.41, 5.74) is -1.14. The van der Waals surface area contributed by atoms with Crippen LogP contribution in [0.15, 0.2) is 58.3 Å². The molecule has 1 aliphatic heterocycles. The second-order valence-electron chi connectivity index (χ2n) is 6.61. The molecule has 0 bridgehead atoms. The highest BCUT2D eigenvalue weighted by Crippen LogP contribution is 2.27. The van der Waals surface area contributed by atoms with Crippen LogP contribution < -0.4 is 11.2 Å². The van der Waals surface area contributed by atoms with Gasteiger partial charge in [-0.2, -0.15) is 4.39 Å². The minimum atomic E-state index is -1.11. The molecule has 29 heavy (non-hydrogen) atoms. The van der Waals surface area contributed by atoms with Gasteiger partial charge in [-0.05, 0) is 12.5 Å². The highest BCUT2D eigenvalue weighted by atomic mass is 19.1. The van der Waals surface area contributed by atoms with E-state index in [4.69, 9.17) is 9.47 Å². The monoisotopic (exact) mass is 404 g/mol. The van der Waals surface area contributed by atoms with Crippen molar-refractivity contribution in [3.05, 3.63) is 80.9 Å². The smallest absolute Gasteiger partial charge is 0.333 e. The van der Waals surface area contributed by atoms with E-state index in [0.717, 1.165) is 15.3 Å². The zero-order valence-electron chi connectivity index (χ0n) is 15.7. The van der Waals surface area contributed by atoms with E-state index < -0.39 is 41.5 Å². The van der Waals surface area contributed by atoms with Crippen molar-refractivity contribution in [3.63, 3.8) is 0 Å². The first kappa shape index (κ1) is 20.7. The number of allylic oxidation sites excluding steroid dienone is 1. The van der Waals surface area contributed by atoms with Gasteiger partial charge in [-0.15, -0.1) is 0 Å². The van der Waals surface area contributed by atoms with Crippen LogP contribution >= 0.6 is 0 Å². The first-order chi connectivity index (χ1) is 13.9. The van der Waals surface area contributed by atoms with Crippen molar-refractivity contribution < 1.29 is 23.8 Å². The van der Waals surface area contributed by atoms with Crippen LogP contribution in [0, 0.1) is 5.82 Å². The van der Waals surface area contributed by atoms with Crippen LogP contribution in [-0.2, 0) is 20.8 Å². The highest BCUT2D eigenvalue weighted by molar-refractivity contribution is 5.81. The van der Waals surface area contributed by atoms with E-state index in [1.165, 1.54) is 12.2 Å². The van der Waals surface area contributed by atoms with Gasteiger partial charge >= 0.3 is 11.7 Å². The third-order valence-electron chi connectivity index (χ3n) is 4.54. The third kappa shape index (κ3) is 4.69. The summed E-state index contributed by atoms with van der Waals surface area (Å²) in [6.45, 7) is 1.33. The molecule has 1 N–H and O–H groups in total. The zero-order chi connectivity index (χ0) is 21.0. The van der Waals surface area contributed by atoms with Crippen molar-refractivity contribution in [2.45, 2.75) is 38.3 Å². The summed E-state index contributed by atoms with van der Waals surface area (Å²) < 4.78 is 26.5. The fourth-order valence-corrected chi connectivity index (χ4v) is 3.08. The van der Waals surface area contributed by atoms with Crippen LogP contribution in [0.4, 0.5) is 4.39 Å². The Balaban J connectivity index is 1.83. The van der Waals surface area contributed by atoms with Crippen molar-refractivity contribution in [3.8, 4) is 0 Å². The number of hydrogen-bond donors (Lipinski definition) is 1. The molecule has 9 heteroatoms. The number of carbonyl (C=O) groups is 1. The molecule has 3 atom stereocenters. The Hall–Kier alpha value is -3.04. The van der Waals surface area contributed by atoms with Gasteiger partial charge in [0.05, 0.1) is 18.8 Å². The lowest BCUT2D eigenvalue weighted by atomic mass is 10.2. The van der Waals surface area contributed by atoms with Gasteiger partial charge in [0, 0.05) is 12.5 Å². The van der Waals surface area contributed by atoms with Crippen molar-refractivity contribution in [2.75, 3.05) is 6.61 Å². The van der Waals surface area contributed by atoms with E-state index in [0.29, 0.717) is 5.56 Å². The molecule has 2 heterocycles. The maximum atomic E-state index is 14.2. The summed E-state index contributed by atoms with van der Waals surface area (Å²) >= 11 is 0. The number of aliphatic hydroxyl groups is 1. The molecule has 1 saturated heterocycles. The maximum absolute atomic E-state index is 14.2. The van der Waals surface area contributed by atoms with E-state index >= 15 is 0 Å². The first-order valence-electron chi connectivity index (χ1n) is 9.09. The largest absolute Gasteiger partial charge is 0.460 e. The van der Waals surface area contributed by atoms with Crippen LogP contribution in [0.1, 0.15) is 25.1 Å². The van der Waals surface area contributed by atoms with Gasteiger partial charge in [0.25, 0.3) is 5.56 Å². The number of ether oxygens (including phenoxy) is 2. The molecule has 0 saturated carbocycles. The Morgan fingerprint density at radius 2 is 2.07 bits per heavy atom. The Labute approximate surface area is 165 Å². The van der Waals surface area contributed by atoms with Gasteiger partial charge in [-0.25, -0.2) is 9.59 Å². The number of halogens is 1. The summed E-state index contributed by atoms with van der Waals surface area (Å²) in [5, 5.41) is 10.2. The van der Waals surface area contributed by atoms with Crippen LogP contribution in [0.25, 0.3) is 0 Å². The number of rotatable bonds is 6. The van der Waals surface area contributed by atoms with Crippen molar-refractivity contribution in [2.24, 2.45) is 0 Å². The predicted molar refractivity (Wildman–Crippen MR) is 101 cm³/mol. The van der Waals surface area contributed by atoms with Crippen molar-refractivity contribution >= 4 is 5.97 Å². The molecule has 2 aromatic rings. The predicted octanol–water partition coefficient (Wildman–Crippen LogP) is 0.965. The van der Waals surface area contributed by atoms with Crippen molar-refractivity contribution in [1.82, 2.24) is 9.13 Å². The van der Waals surface area contributed by atoms with E-state index in [9.17, 15) is 23.9 Å². The Morgan fingerprint density at radius 3 is 2.76 bits per heavy atom. The standard InChI is InChI=1S/C20H21FN2O6/c1-2-6-18(25)28-12-16-15(24)9-17(29-16)22-11-14(21)19(26)23(20(22)27)10-13-7-4-3-5-8-13/h2-8,11,15-17,24H,9-10,12H2,1H3/b6-2+/t15?,16-,17-/m0/s1. The first-order valence-corrected chi connectivity index (χ1v) is 9.09. The molecular weight excluding hydrogens is 383 g/mol. The molecule has 3 rings (SSSR count). The van der Waals surface area contributed by atoms with Crippen LogP contribution in [-0.4, -0.2) is 39.0 Å². The lowest BCUT2D eigenvalue weighted by Crippen LogP contribution is -2.42. The Bertz CT molecular complexity index is 1010. The van der Waals surface area contributed by atoms with Crippen molar-refractivity contribution in [1.29, 1.82) is 0 Å². The molecule has 8 nitrogen and oxygen atoms in total. The van der Waals surface area contributed by atoms with E-state index in [1.54, 1.807) is 37.3 Å². The van der Waals surface area contributed by atoms with Crippen LogP contribution in [0.2, 0.25) is 0 Å². The number of benzene rings is 1. The zero-order valence-corrected chi connectivity index (χ0v) is 15.7. The molecule has 154 valence electrons. The van der Waals surface area contributed by atoms with E-state index in [-0.39, 0.29) is 19.6 Å². The van der Waals surface area contributed by atoms with Gasteiger partial charge in [-0.1, -0.05) is 36.4 Å². The summed E-state index contributed by atoms with van der Waals surface area (Å²) in [7, 11) is 0. The molecule has 1 fully saturated rings.